The van der Waals surface area contributed by atoms with E-state index < -0.39 is 0 Å². The average Bonchev–Trinajstić information content (AvgIpc) is 2.73. The predicted molar refractivity (Wildman–Crippen MR) is 88.8 cm³/mol. The number of hydrogen-bond acceptors (Lipinski definition) is 2. The molecule has 4 heteroatoms. The number of imidazole rings is 1. The Balaban J connectivity index is 2.33. The second kappa shape index (κ2) is 6.72. The zero-order valence-corrected chi connectivity index (χ0v) is 14.2. The summed E-state index contributed by atoms with van der Waals surface area (Å²) in [5.74, 6) is 2.36. The number of nitrogens with zero attached hydrogens (tertiary/aromatic N) is 2. The summed E-state index contributed by atoms with van der Waals surface area (Å²) < 4.78 is 3.39. The fourth-order valence-electron chi connectivity index (χ4n) is 2.85. The molecule has 1 aromatic heterocycles. The van der Waals surface area contributed by atoms with Crippen molar-refractivity contribution in [2.75, 3.05) is 6.54 Å². The summed E-state index contributed by atoms with van der Waals surface area (Å²) in [7, 11) is 0. The molecule has 0 saturated heterocycles. The van der Waals surface area contributed by atoms with Gasteiger partial charge in [-0.25, -0.2) is 4.98 Å². The van der Waals surface area contributed by atoms with Gasteiger partial charge in [-0.15, -0.1) is 0 Å². The zero-order chi connectivity index (χ0) is 14.7. The second-order valence-corrected chi connectivity index (χ2v) is 6.76. The van der Waals surface area contributed by atoms with E-state index >= 15 is 0 Å². The van der Waals surface area contributed by atoms with Gasteiger partial charge in [-0.05, 0) is 49.9 Å². The van der Waals surface area contributed by atoms with E-state index in [2.05, 4.69) is 59.5 Å². The minimum atomic E-state index is 0.514. The van der Waals surface area contributed by atoms with Crippen LogP contribution in [0, 0.1) is 11.8 Å². The van der Waals surface area contributed by atoms with E-state index in [1.807, 2.05) is 0 Å². The molecule has 2 N–H and O–H groups in total. The van der Waals surface area contributed by atoms with Gasteiger partial charge in [-0.2, -0.15) is 0 Å². The summed E-state index contributed by atoms with van der Waals surface area (Å²) >= 11 is 3.52. The lowest BCUT2D eigenvalue weighted by atomic mass is 9.94. The maximum absolute atomic E-state index is 5.93. The fourth-order valence-corrected chi connectivity index (χ4v) is 3.20. The predicted octanol–water partition coefficient (Wildman–Crippen LogP) is 3.98. The van der Waals surface area contributed by atoms with Crippen LogP contribution in [0.25, 0.3) is 11.0 Å². The lowest BCUT2D eigenvalue weighted by Gasteiger charge is -2.17. The molecule has 0 bridgehead atoms. The van der Waals surface area contributed by atoms with Crippen molar-refractivity contribution in [2.24, 2.45) is 17.6 Å². The smallest absolute Gasteiger partial charge is 0.110 e. The van der Waals surface area contributed by atoms with Crippen molar-refractivity contribution in [1.82, 2.24) is 9.55 Å². The zero-order valence-electron chi connectivity index (χ0n) is 12.6. The highest BCUT2D eigenvalue weighted by molar-refractivity contribution is 9.10. The van der Waals surface area contributed by atoms with Gasteiger partial charge in [0.1, 0.15) is 5.82 Å². The number of rotatable bonds is 6. The number of fused-ring (bicyclic) bond motifs is 1. The lowest BCUT2D eigenvalue weighted by molar-refractivity contribution is 0.404. The van der Waals surface area contributed by atoms with Gasteiger partial charge in [0.25, 0.3) is 0 Å². The van der Waals surface area contributed by atoms with Crippen LogP contribution < -0.4 is 5.73 Å². The van der Waals surface area contributed by atoms with Crippen LogP contribution in [0.15, 0.2) is 22.7 Å². The summed E-state index contributed by atoms with van der Waals surface area (Å²) in [5.41, 5.74) is 8.21. The van der Waals surface area contributed by atoms with E-state index in [9.17, 15) is 0 Å². The molecule has 2 rings (SSSR count). The van der Waals surface area contributed by atoms with Gasteiger partial charge in [0.05, 0.1) is 11.0 Å². The molecule has 0 radical (unpaired) electrons. The van der Waals surface area contributed by atoms with Crippen molar-refractivity contribution in [1.29, 1.82) is 0 Å². The van der Waals surface area contributed by atoms with Gasteiger partial charge >= 0.3 is 0 Å². The summed E-state index contributed by atoms with van der Waals surface area (Å²) in [4.78, 5) is 4.82. The molecule has 0 aliphatic rings. The van der Waals surface area contributed by atoms with Crippen LogP contribution in [0.3, 0.4) is 0 Å². The number of halogens is 1. The first kappa shape index (κ1) is 15.5. The van der Waals surface area contributed by atoms with E-state index in [1.54, 1.807) is 0 Å². The maximum atomic E-state index is 5.93. The highest BCUT2D eigenvalue weighted by Gasteiger charge is 2.16. The largest absolute Gasteiger partial charge is 0.330 e. The first-order chi connectivity index (χ1) is 9.55. The first-order valence-electron chi connectivity index (χ1n) is 7.39. The Morgan fingerprint density at radius 2 is 2.10 bits per heavy atom. The summed E-state index contributed by atoms with van der Waals surface area (Å²) in [6, 6.07) is 6.30. The number of benzene rings is 1. The Labute approximate surface area is 129 Å². The number of nitrogens with two attached hydrogens (primary N) is 1. The molecule has 1 heterocycles. The van der Waals surface area contributed by atoms with Crippen LogP contribution in [0.5, 0.6) is 0 Å². The molecule has 1 unspecified atom stereocenters. The summed E-state index contributed by atoms with van der Waals surface area (Å²) in [5, 5.41) is 0. The molecule has 0 saturated carbocycles. The number of hydrogen-bond donors (Lipinski definition) is 1. The van der Waals surface area contributed by atoms with Gasteiger partial charge in [0.2, 0.25) is 0 Å². The third-order valence-electron chi connectivity index (χ3n) is 3.71. The van der Waals surface area contributed by atoms with Gasteiger partial charge in [0.15, 0.2) is 0 Å². The normalized spacial score (nSPS) is 13.3. The first-order valence-corrected chi connectivity index (χ1v) is 8.19. The van der Waals surface area contributed by atoms with Crippen molar-refractivity contribution in [3.05, 3.63) is 28.5 Å². The minimum absolute atomic E-state index is 0.514. The van der Waals surface area contributed by atoms with Gasteiger partial charge in [-0.3, -0.25) is 0 Å². The van der Waals surface area contributed by atoms with Crippen molar-refractivity contribution in [3.63, 3.8) is 0 Å². The molecule has 0 spiro atoms. The van der Waals surface area contributed by atoms with Crippen molar-refractivity contribution in [3.8, 4) is 0 Å². The van der Waals surface area contributed by atoms with Crippen molar-refractivity contribution < 1.29 is 0 Å². The van der Waals surface area contributed by atoms with Crippen LogP contribution in [0.1, 0.15) is 33.0 Å². The third kappa shape index (κ3) is 3.41. The highest BCUT2D eigenvalue weighted by atomic mass is 79.9. The Morgan fingerprint density at radius 3 is 2.70 bits per heavy atom. The molecule has 0 aliphatic carbocycles. The SMILES string of the molecule is CCn1c(CC(CN)CC(C)C)nc2cc(Br)ccc21. The van der Waals surface area contributed by atoms with Gasteiger partial charge in [-0.1, -0.05) is 29.8 Å². The van der Waals surface area contributed by atoms with E-state index in [0.29, 0.717) is 11.8 Å². The van der Waals surface area contributed by atoms with Crippen LogP contribution in [-0.4, -0.2) is 16.1 Å². The van der Waals surface area contributed by atoms with Gasteiger partial charge in [0, 0.05) is 17.4 Å². The van der Waals surface area contributed by atoms with Gasteiger partial charge < -0.3 is 10.3 Å². The average molecular weight is 338 g/mol. The second-order valence-electron chi connectivity index (χ2n) is 5.84. The monoisotopic (exact) mass is 337 g/mol. The van der Waals surface area contributed by atoms with Crippen LogP contribution in [0.4, 0.5) is 0 Å². The molecule has 0 amide bonds. The molecule has 110 valence electrons. The topological polar surface area (TPSA) is 43.8 Å². The molecule has 3 nitrogen and oxygen atoms in total. The van der Waals surface area contributed by atoms with E-state index in [-0.39, 0.29) is 0 Å². The fraction of sp³-hybridized carbons (Fsp3) is 0.562. The minimum Gasteiger partial charge on any atom is -0.330 e. The molecular formula is C16H24BrN3. The summed E-state index contributed by atoms with van der Waals surface area (Å²) in [6.45, 7) is 8.36. The molecule has 1 atom stereocenters. The number of aryl methyl sites for hydroxylation is 1. The van der Waals surface area contributed by atoms with E-state index in [0.717, 1.165) is 41.7 Å². The molecule has 0 aliphatic heterocycles. The molecule has 2 aromatic rings. The Bertz CT molecular complexity index is 574. The van der Waals surface area contributed by atoms with E-state index in [4.69, 9.17) is 10.7 Å². The molecule has 20 heavy (non-hydrogen) atoms. The van der Waals surface area contributed by atoms with Crippen molar-refractivity contribution in [2.45, 2.75) is 40.2 Å². The van der Waals surface area contributed by atoms with E-state index in [1.165, 1.54) is 5.52 Å². The molecule has 0 fully saturated rings. The highest BCUT2D eigenvalue weighted by Crippen LogP contribution is 2.23. The van der Waals surface area contributed by atoms with Crippen LogP contribution in [0.2, 0.25) is 0 Å². The standard InChI is InChI=1S/C16H24BrN3/c1-4-20-15-6-5-13(17)9-14(15)19-16(20)8-12(10-18)7-11(2)3/h5-6,9,11-12H,4,7-8,10,18H2,1-3H3. The third-order valence-corrected chi connectivity index (χ3v) is 4.21. The maximum Gasteiger partial charge on any atom is 0.110 e. The lowest BCUT2D eigenvalue weighted by Crippen LogP contribution is -2.20. The molecular weight excluding hydrogens is 314 g/mol. The van der Waals surface area contributed by atoms with Crippen molar-refractivity contribution >= 4 is 27.0 Å². The van der Waals surface area contributed by atoms with Crippen LogP contribution >= 0.6 is 15.9 Å². The Morgan fingerprint density at radius 1 is 1.35 bits per heavy atom. The molecule has 1 aromatic carbocycles. The quantitative estimate of drug-likeness (QED) is 0.866. The number of aromatic nitrogens is 2. The Hall–Kier alpha value is -0.870. The summed E-state index contributed by atoms with van der Waals surface area (Å²) in [6.07, 6.45) is 2.13. The Kier molecular flexibility index (Phi) is 5.22. The van der Waals surface area contributed by atoms with Crippen LogP contribution in [-0.2, 0) is 13.0 Å².